The Morgan fingerprint density at radius 3 is 2.80 bits per heavy atom. The third kappa shape index (κ3) is 4.99. The maximum absolute atomic E-state index is 13.2. The van der Waals surface area contributed by atoms with Gasteiger partial charge in [0.1, 0.15) is 6.26 Å². The number of hydrogen-bond donors (Lipinski definition) is 2. The van der Waals surface area contributed by atoms with Crippen molar-refractivity contribution in [3.05, 3.63) is 18.4 Å². The number of hydrogen-bond acceptors (Lipinski definition) is 4. The lowest BCUT2D eigenvalue weighted by atomic mass is 10.0. The molecule has 8 heteroatoms. The summed E-state index contributed by atoms with van der Waals surface area (Å²) >= 11 is 0. The number of nitrogens with one attached hydrogen (secondary N) is 2. The van der Waals surface area contributed by atoms with Crippen molar-refractivity contribution in [1.29, 1.82) is 0 Å². The largest absolute Gasteiger partial charge is 0.451 e. The summed E-state index contributed by atoms with van der Waals surface area (Å²) in [5.41, 5.74) is 0.246. The standard InChI is InChI=1S/C17H23F2N3O3/c18-17(19)4-3-11(7-17)6-15(23)22-13-2-1-12(5-13)8-20-16(24)14-9-25-10-21-14/h9-13H,1-8H2,(H,20,24)(H,22,23). The average Bonchev–Trinajstić information content (AvgIpc) is 3.26. The molecule has 3 atom stereocenters. The van der Waals surface area contributed by atoms with Crippen molar-refractivity contribution in [3.63, 3.8) is 0 Å². The van der Waals surface area contributed by atoms with Crippen LogP contribution in [-0.2, 0) is 4.79 Å². The second-order valence-corrected chi connectivity index (χ2v) is 7.20. The van der Waals surface area contributed by atoms with Crippen LogP contribution in [-0.4, -0.2) is 35.3 Å². The van der Waals surface area contributed by atoms with E-state index >= 15 is 0 Å². The third-order valence-corrected chi connectivity index (χ3v) is 5.10. The van der Waals surface area contributed by atoms with Gasteiger partial charge in [-0.15, -0.1) is 0 Å². The van der Waals surface area contributed by atoms with E-state index in [1.54, 1.807) is 0 Å². The number of alkyl halides is 2. The highest BCUT2D eigenvalue weighted by Crippen LogP contribution is 2.40. The zero-order valence-corrected chi connectivity index (χ0v) is 14.0. The number of oxazole rings is 1. The molecule has 1 heterocycles. The van der Waals surface area contributed by atoms with Crippen LogP contribution in [0.3, 0.4) is 0 Å². The lowest BCUT2D eigenvalue weighted by Crippen LogP contribution is -2.35. The molecule has 2 aliphatic carbocycles. The fourth-order valence-electron chi connectivity index (χ4n) is 3.81. The smallest absolute Gasteiger partial charge is 0.273 e. The van der Waals surface area contributed by atoms with E-state index in [0.29, 0.717) is 13.0 Å². The monoisotopic (exact) mass is 355 g/mol. The van der Waals surface area contributed by atoms with Crippen LogP contribution in [0, 0.1) is 11.8 Å². The number of nitrogens with zero attached hydrogens (tertiary/aromatic N) is 1. The summed E-state index contributed by atoms with van der Waals surface area (Å²) in [4.78, 5) is 27.6. The van der Waals surface area contributed by atoms with Crippen molar-refractivity contribution in [1.82, 2.24) is 15.6 Å². The van der Waals surface area contributed by atoms with E-state index in [0.717, 1.165) is 19.3 Å². The highest BCUT2D eigenvalue weighted by Gasteiger charge is 2.40. The molecule has 25 heavy (non-hydrogen) atoms. The lowest BCUT2D eigenvalue weighted by molar-refractivity contribution is -0.122. The zero-order chi connectivity index (χ0) is 17.9. The van der Waals surface area contributed by atoms with E-state index in [9.17, 15) is 18.4 Å². The molecule has 2 saturated carbocycles. The summed E-state index contributed by atoms with van der Waals surface area (Å²) in [6.45, 7) is 0.521. The van der Waals surface area contributed by atoms with E-state index < -0.39 is 5.92 Å². The molecule has 0 aliphatic heterocycles. The van der Waals surface area contributed by atoms with Gasteiger partial charge in [-0.3, -0.25) is 9.59 Å². The van der Waals surface area contributed by atoms with Crippen LogP contribution < -0.4 is 10.6 Å². The van der Waals surface area contributed by atoms with Crippen LogP contribution in [0.15, 0.2) is 17.1 Å². The van der Waals surface area contributed by atoms with Crippen LogP contribution in [0.1, 0.15) is 55.4 Å². The zero-order valence-electron chi connectivity index (χ0n) is 14.0. The molecule has 2 amide bonds. The first kappa shape index (κ1) is 17.8. The summed E-state index contributed by atoms with van der Waals surface area (Å²) in [5, 5.41) is 5.77. The molecule has 6 nitrogen and oxygen atoms in total. The van der Waals surface area contributed by atoms with E-state index in [1.807, 2.05) is 0 Å². The summed E-state index contributed by atoms with van der Waals surface area (Å²) in [6, 6.07) is 0.0587. The van der Waals surface area contributed by atoms with Crippen LogP contribution >= 0.6 is 0 Å². The van der Waals surface area contributed by atoms with E-state index in [2.05, 4.69) is 15.6 Å². The molecule has 2 fully saturated rings. The molecule has 1 aromatic rings. The van der Waals surface area contributed by atoms with Gasteiger partial charge < -0.3 is 15.1 Å². The maximum atomic E-state index is 13.2. The first-order valence-electron chi connectivity index (χ1n) is 8.75. The number of carbonyl (C=O) groups is 2. The number of amides is 2. The van der Waals surface area contributed by atoms with E-state index in [1.165, 1.54) is 12.7 Å². The van der Waals surface area contributed by atoms with Crippen molar-refractivity contribution in [2.75, 3.05) is 6.54 Å². The summed E-state index contributed by atoms with van der Waals surface area (Å²) in [6.07, 6.45) is 5.34. The second-order valence-electron chi connectivity index (χ2n) is 7.20. The summed E-state index contributed by atoms with van der Waals surface area (Å²) in [5.74, 6) is -2.94. The van der Waals surface area contributed by atoms with Gasteiger partial charge in [-0.2, -0.15) is 0 Å². The molecule has 0 bridgehead atoms. The number of carbonyl (C=O) groups excluding carboxylic acids is 2. The van der Waals surface area contributed by atoms with Crippen LogP contribution in [0.4, 0.5) is 8.78 Å². The van der Waals surface area contributed by atoms with E-state index in [-0.39, 0.29) is 54.6 Å². The van der Waals surface area contributed by atoms with Gasteiger partial charge in [-0.25, -0.2) is 13.8 Å². The van der Waals surface area contributed by atoms with Gasteiger partial charge in [0.05, 0.1) is 0 Å². The first-order chi connectivity index (χ1) is 11.9. The molecule has 2 N–H and O–H groups in total. The Morgan fingerprint density at radius 2 is 2.12 bits per heavy atom. The molecule has 0 saturated heterocycles. The SMILES string of the molecule is O=C(CC1CCC(F)(F)C1)NC1CCC(CNC(=O)c2cocn2)C1. The van der Waals surface area contributed by atoms with Gasteiger partial charge in [0, 0.05) is 31.8 Å². The first-order valence-corrected chi connectivity index (χ1v) is 8.75. The Kier molecular flexibility index (Phi) is 5.34. The van der Waals surface area contributed by atoms with Gasteiger partial charge in [-0.05, 0) is 37.5 Å². The Balaban J connectivity index is 1.35. The predicted octanol–water partition coefficient (Wildman–Crippen LogP) is 2.51. The Labute approximate surface area is 144 Å². The Hall–Kier alpha value is -1.99. The molecule has 138 valence electrons. The van der Waals surface area contributed by atoms with Gasteiger partial charge in [0.15, 0.2) is 12.1 Å². The highest BCUT2D eigenvalue weighted by atomic mass is 19.3. The van der Waals surface area contributed by atoms with Crippen LogP contribution in [0.2, 0.25) is 0 Å². The Morgan fingerprint density at radius 1 is 1.28 bits per heavy atom. The molecule has 1 aromatic heterocycles. The minimum atomic E-state index is -2.61. The predicted molar refractivity (Wildman–Crippen MR) is 85.0 cm³/mol. The minimum Gasteiger partial charge on any atom is -0.451 e. The average molecular weight is 355 g/mol. The Bertz CT molecular complexity index is 606. The van der Waals surface area contributed by atoms with Crippen molar-refractivity contribution in [2.45, 2.75) is 56.9 Å². The van der Waals surface area contributed by atoms with Crippen molar-refractivity contribution in [3.8, 4) is 0 Å². The van der Waals surface area contributed by atoms with Gasteiger partial charge in [0.2, 0.25) is 11.8 Å². The molecule has 2 aliphatic rings. The third-order valence-electron chi connectivity index (χ3n) is 5.10. The molecule has 0 aromatic carbocycles. The molecular weight excluding hydrogens is 332 g/mol. The highest BCUT2D eigenvalue weighted by molar-refractivity contribution is 5.91. The normalized spacial score (nSPS) is 28.0. The molecule has 3 rings (SSSR count). The van der Waals surface area contributed by atoms with E-state index in [4.69, 9.17) is 4.42 Å². The van der Waals surface area contributed by atoms with Gasteiger partial charge >= 0.3 is 0 Å². The quantitative estimate of drug-likeness (QED) is 0.821. The van der Waals surface area contributed by atoms with Gasteiger partial charge in [-0.1, -0.05) is 0 Å². The second kappa shape index (κ2) is 7.49. The minimum absolute atomic E-state index is 0.0587. The van der Waals surface area contributed by atoms with Crippen molar-refractivity contribution >= 4 is 11.8 Å². The number of aromatic nitrogens is 1. The fourth-order valence-corrected chi connectivity index (χ4v) is 3.81. The van der Waals surface area contributed by atoms with Crippen molar-refractivity contribution in [2.24, 2.45) is 11.8 Å². The number of rotatable bonds is 6. The lowest BCUT2D eigenvalue weighted by Gasteiger charge is -2.16. The molecule has 0 radical (unpaired) electrons. The van der Waals surface area contributed by atoms with Crippen LogP contribution in [0.25, 0.3) is 0 Å². The van der Waals surface area contributed by atoms with Crippen LogP contribution in [0.5, 0.6) is 0 Å². The maximum Gasteiger partial charge on any atom is 0.273 e. The molecule has 3 unspecified atom stereocenters. The van der Waals surface area contributed by atoms with Crippen molar-refractivity contribution < 1.29 is 22.8 Å². The molecular formula is C17H23F2N3O3. The summed E-state index contributed by atoms with van der Waals surface area (Å²) < 4.78 is 31.1. The topological polar surface area (TPSA) is 84.2 Å². The summed E-state index contributed by atoms with van der Waals surface area (Å²) in [7, 11) is 0. The fraction of sp³-hybridized carbons (Fsp3) is 0.706. The number of halogens is 2. The molecule has 0 spiro atoms. The van der Waals surface area contributed by atoms with Gasteiger partial charge in [0.25, 0.3) is 5.91 Å².